The smallest absolute Gasteiger partial charge is 0.274 e. The Morgan fingerprint density at radius 1 is 1.24 bits per heavy atom. The Bertz CT molecular complexity index is 532. The number of H-pyrrole nitrogens is 1. The minimum absolute atomic E-state index is 0. The highest BCUT2D eigenvalue weighted by Gasteiger charge is 2.37. The molecule has 0 radical (unpaired) electrons. The molecule has 2 atom stereocenters. The molecule has 116 valence electrons. The Morgan fingerprint density at radius 3 is 2.67 bits per heavy atom. The van der Waals surface area contributed by atoms with Gasteiger partial charge in [-0.15, -0.1) is 12.4 Å². The average Bonchev–Trinajstić information content (AvgIpc) is 3.13. The molecule has 2 N–H and O–H groups in total. The van der Waals surface area contributed by atoms with E-state index in [9.17, 15) is 4.79 Å². The Morgan fingerprint density at radius 2 is 1.95 bits per heavy atom. The normalized spacial score (nSPS) is 29.9. The number of nitrogens with zero attached hydrogens (tertiary/aromatic N) is 2. The lowest BCUT2D eigenvalue weighted by Gasteiger charge is -2.35. The minimum Gasteiger partial charge on any atom is -0.337 e. The van der Waals surface area contributed by atoms with Crippen molar-refractivity contribution in [2.45, 2.75) is 63.1 Å². The maximum absolute atomic E-state index is 12.7. The lowest BCUT2D eigenvalue weighted by Crippen LogP contribution is -2.48. The summed E-state index contributed by atoms with van der Waals surface area (Å²) in [7, 11) is 1.95. The molecule has 1 aromatic heterocycles. The second kappa shape index (κ2) is 5.61. The molecule has 1 aliphatic carbocycles. The molecule has 0 saturated carbocycles. The van der Waals surface area contributed by atoms with Crippen molar-refractivity contribution in [1.82, 2.24) is 20.4 Å². The second-order valence-corrected chi connectivity index (χ2v) is 6.56. The Labute approximate surface area is 131 Å². The number of carbonyl (C=O) groups excluding carboxylic acids is 1. The molecule has 2 fully saturated rings. The van der Waals surface area contributed by atoms with E-state index in [1.165, 1.54) is 24.1 Å². The third-order valence-corrected chi connectivity index (χ3v) is 5.33. The molecule has 2 unspecified atom stereocenters. The number of fused-ring (bicyclic) bond motifs is 3. The molecule has 3 heterocycles. The number of hydrogen-bond donors (Lipinski definition) is 2. The van der Waals surface area contributed by atoms with Gasteiger partial charge in [0.1, 0.15) is 0 Å². The van der Waals surface area contributed by atoms with Gasteiger partial charge in [-0.25, -0.2) is 0 Å². The van der Waals surface area contributed by atoms with Crippen LogP contribution in [0.5, 0.6) is 0 Å². The van der Waals surface area contributed by atoms with Crippen LogP contribution in [0.1, 0.15) is 53.8 Å². The van der Waals surface area contributed by atoms with Crippen LogP contribution >= 0.6 is 12.4 Å². The molecule has 2 aliphatic heterocycles. The van der Waals surface area contributed by atoms with Crippen LogP contribution in [0, 0.1) is 0 Å². The molecule has 3 aliphatic rings. The van der Waals surface area contributed by atoms with Gasteiger partial charge in [0, 0.05) is 36.4 Å². The van der Waals surface area contributed by atoms with E-state index in [2.05, 4.69) is 15.5 Å². The summed E-state index contributed by atoms with van der Waals surface area (Å²) < 4.78 is 0. The van der Waals surface area contributed by atoms with E-state index in [0.717, 1.165) is 32.1 Å². The lowest BCUT2D eigenvalue weighted by atomic mass is 9.98. The van der Waals surface area contributed by atoms with Crippen molar-refractivity contribution in [3.05, 3.63) is 17.0 Å². The molecule has 0 aromatic carbocycles. The van der Waals surface area contributed by atoms with E-state index in [1.54, 1.807) is 0 Å². The minimum atomic E-state index is 0. The van der Waals surface area contributed by atoms with Crippen LogP contribution in [0.15, 0.2) is 0 Å². The van der Waals surface area contributed by atoms with Gasteiger partial charge in [0.25, 0.3) is 5.91 Å². The van der Waals surface area contributed by atoms with Crippen LogP contribution in [0.25, 0.3) is 0 Å². The van der Waals surface area contributed by atoms with Gasteiger partial charge < -0.3 is 10.2 Å². The van der Waals surface area contributed by atoms with Gasteiger partial charge >= 0.3 is 0 Å². The standard InChI is InChI=1S/C15H22N4O.ClH/c1-19(11-7-9-5-6-10(8-11)16-9)15(20)14-12-3-2-4-13(12)17-18-14;/h9-11,16H,2-8H2,1H3,(H,17,18);1H. The zero-order valence-corrected chi connectivity index (χ0v) is 13.2. The molecule has 21 heavy (non-hydrogen) atoms. The molecule has 1 amide bonds. The SMILES string of the molecule is CN(C(=O)c1n[nH]c2c1CCC2)C1CC2CCC(C1)N2.Cl. The average molecular weight is 311 g/mol. The van der Waals surface area contributed by atoms with E-state index in [4.69, 9.17) is 0 Å². The van der Waals surface area contributed by atoms with Gasteiger partial charge in [0.05, 0.1) is 0 Å². The van der Waals surface area contributed by atoms with Crippen molar-refractivity contribution < 1.29 is 4.79 Å². The fourth-order valence-corrected chi connectivity index (χ4v) is 4.17. The number of carbonyl (C=O) groups is 1. The number of aromatic amines is 1. The first-order valence-electron chi connectivity index (χ1n) is 7.81. The van der Waals surface area contributed by atoms with Crippen molar-refractivity contribution in [3.63, 3.8) is 0 Å². The number of aryl methyl sites for hydroxylation is 1. The Hall–Kier alpha value is -1.07. The van der Waals surface area contributed by atoms with Gasteiger partial charge in [0.15, 0.2) is 5.69 Å². The number of hydrogen-bond acceptors (Lipinski definition) is 3. The zero-order chi connectivity index (χ0) is 13.7. The molecule has 5 nitrogen and oxygen atoms in total. The summed E-state index contributed by atoms with van der Waals surface area (Å²) in [4.78, 5) is 14.7. The first kappa shape index (κ1) is 14.9. The van der Waals surface area contributed by atoms with Crippen molar-refractivity contribution in [1.29, 1.82) is 0 Å². The molecule has 4 rings (SSSR count). The number of amides is 1. The maximum atomic E-state index is 12.7. The van der Waals surface area contributed by atoms with Crippen molar-refractivity contribution in [2.75, 3.05) is 7.05 Å². The predicted molar refractivity (Wildman–Crippen MR) is 82.9 cm³/mol. The molecular formula is C15H23ClN4O. The van der Waals surface area contributed by atoms with Crippen LogP contribution in [-0.2, 0) is 12.8 Å². The summed E-state index contributed by atoms with van der Waals surface area (Å²) in [6.07, 6.45) is 7.89. The van der Waals surface area contributed by atoms with E-state index in [0.29, 0.717) is 23.8 Å². The monoisotopic (exact) mass is 310 g/mol. The summed E-state index contributed by atoms with van der Waals surface area (Å²) in [5, 5.41) is 11.0. The van der Waals surface area contributed by atoms with Gasteiger partial charge in [-0.05, 0) is 44.9 Å². The predicted octanol–water partition coefficient (Wildman–Crippen LogP) is 1.68. The van der Waals surface area contributed by atoms with Crippen LogP contribution < -0.4 is 5.32 Å². The molecule has 6 heteroatoms. The number of rotatable bonds is 2. The van der Waals surface area contributed by atoms with E-state index < -0.39 is 0 Å². The molecule has 2 saturated heterocycles. The highest BCUT2D eigenvalue weighted by atomic mass is 35.5. The van der Waals surface area contributed by atoms with Crippen molar-refractivity contribution >= 4 is 18.3 Å². The summed E-state index contributed by atoms with van der Waals surface area (Å²) in [5.74, 6) is 0.107. The molecule has 2 bridgehead atoms. The third-order valence-electron chi connectivity index (χ3n) is 5.33. The Balaban J connectivity index is 0.00000132. The molecule has 0 spiro atoms. The third kappa shape index (κ3) is 2.46. The second-order valence-electron chi connectivity index (χ2n) is 6.56. The van der Waals surface area contributed by atoms with Gasteiger partial charge in [0.2, 0.25) is 0 Å². The quantitative estimate of drug-likeness (QED) is 0.873. The fraction of sp³-hybridized carbons (Fsp3) is 0.733. The van der Waals surface area contributed by atoms with Gasteiger partial charge in [-0.3, -0.25) is 9.89 Å². The number of aromatic nitrogens is 2. The number of halogens is 1. The topological polar surface area (TPSA) is 61.0 Å². The van der Waals surface area contributed by atoms with Crippen LogP contribution in [0.3, 0.4) is 0 Å². The van der Waals surface area contributed by atoms with Crippen molar-refractivity contribution in [2.24, 2.45) is 0 Å². The highest BCUT2D eigenvalue weighted by molar-refractivity contribution is 5.94. The Kier molecular flexibility index (Phi) is 3.97. The lowest BCUT2D eigenvalue weighted by molar-refractivity contribution is 0.0674. The summed E-state index contributed by atoms with van der Waals surface area (Å²) >= 11 is 0. The number of nitrogens with one attached hydrogen (secondary N) is 2. The summed E-state index contributed by atoms with van der Waals surface area (Å²) in [5.41, 5.74) is 3.01. The van der Waals surface area contributed by atoms with Crippen molar-refractivity contribution in [3.8, 4) is 0 Å². The summed E-state index contributed by atoms with van der Waals surface area (Å²) in [6.45, 7) is 0. The summed E-state index contributed by atoms with van der Waals surface area (Å²) in [6, 6.07) is 1.59. The zero-order valence-electron chi connectivity index (χ0n) is 12.4. The van der Waals surface area contributed by atoms with E-state index >= 15 is 0 Å². The maximum Gasteiger partial charge on any atom is 0.274 e. The van der Waals surface area contributed by atoms with Crippen LogP contribution in [-0.4, -0.2) is 46.2 Å². The molecular weight excluding hydrogens is 288 g/mol. The highest BCUT2D eigenvalue weighted by Crippen LogP contribution is 2.30. The number of piperidine rings is 1. The fourth-order valence-electron chi connectivity index (χ4n) is 4.17. The largest absolute Gasteiger partial charge is 0.337 e. The first-order valence-corrected chi connectivity index (χ1v) is 7.81. The van der Waals surface area contributed by atoms with Crippen LogP contribution in [0.2, 0.25) is 0 Å². The first-order chi connectivity index (χ1) is 9.72. The van der Waals surface area contributed by atoms with E-state index in [-0.39, 0.29) is 18.3 Å². The molecule has 1 aromatic rings. The van der Waals surface area contributed by atoms with Crippen LogP contribution in [0.4, 0.5) is 0 Å². The van der Waals surface area contributed by atoms with E-state index in [1.807, 2.05) is 11.9 Å². The van der Waals surface area contributed by atoms with Gasteiger partial charge in [-0.1, -0.05) is 0 Å². The van der Waals surface area contributed by atoms with Gasteiger partial charge in [-0.2, -0.15) is 5.10 Å².